The molecule has 0 aliphatic carbocycles. The summed E-state index contributed by atoms with van der Waals surface area (Å²) in [6, 6.07) is 12.5. The van der Waals surface area contributed by atoms with E-state index in [1.165, 1.54) is 0 Å². The van der Waals surface area contributed by atoms with Crippen molar-refractivity contribution in [3.63, 3.8) is 0 Å². The molecule has 0 aromatic heterocycles. The van der Waals surface area contributed by atoms with Crippen LogP contribution in [0.2, 0.25) is 0 Å². The first kappa shape index (κ1) is 21.8. The number of rotatable bonds is 7. The summed E-state index contributed by atoms with van der Waals surface area (Å²) in [5, 5.41) is 5.88. The highest BCUT2D eigenvalue weighted by Gasteiger charge is 2.22. The molecule has 9 nitrogen and oxygen atoms in total. The van der Waals surface area contributed by atoms with Crippen molar-refractivity contribution in [2.75, 3.05) is 58.0 Å². The van der Waals surface area contributed by atoms with Crippen LogP contribution in [-0.4, -0.2) is 74.4 Å². The van der Waals surface area contributed by atoms with E-state index in [1.54, 1.807) is 23.1 Å². The molecule has 0 spiro atoms. The van der Waals surface area contributed by atoms with Crippen molar-refractivity contribution >= 4 is 17.6 Å². The summed E-state index contributed by atoms with van der Waals surface area (Å²) in [6.07, 6.45) is 0. The fourth-order valence-corrected chi connectivity index (χ4v) is 3.69. The molecule has 2 N–H and O–H groups in total. The Morgan fingerprint density at radius 3 is 2.62 bits per heavy atom. The largest absolute Gasteiger partial charge is 0.492 e. The summed E-state index contributed by atoms with van der Waals surface area (Å²) in [5.41, 5.74) is 1.22. The van der Waals surface area contributed by atoms with Crippen LogP contribution in [0.5, 0.6) is 17.2 Å². The van der Waals surface area contributed by atoms with Gasteiger partial charge in [-0.25, -0.2) is 4.79 Å². The maximum absolute atomic E-state index is 12.6. The normalized spacial score (nSPS) is 15.3. The summed E-state index contributed by atoms with van der Waals surface area (Å²) in [5.74, 6) is 1.77. The zero-order chi connectivity index (χ0) is 22.3. The molecular weight excluding hydrogens is 412 g/mol. The minimum absolute atomic E-state index is 0.132. The van der Waals surface area contributed by atoms with Gasteiger partial charge in [0.2, 0.25) is 6.79 Å². The first-order valence-corrected chi connectivity index (χ1v) is 10.8. The van der Waals surface area contributed by atoms with E-state index in [1.807, 2.05) is 31.2 Å². The van der Waals surface area contributed by atoms with Gasteiger partial charge in [0.25, 0.3) is 5.91 Å². The lowest BCUT2D eigenvalue weighted by atomic mass is 10.2. The van der Waals surface area contributed by atoms with Gasteiger partial charge >= 0.3 is 6.03 Å². The Labute approximate surface area is 187 Å². The fraction of sp³-hybridized carbons (Fsp3) is 0.391. The smallest absolute Gasteiger partial charge is 0.322 e. The summed E-state index contributed by atoms with van der Waals surface area (Å²) in [7, 11) is 0. The quantitative estimate of drug-likeness (QED) is 0.687. The number of hydrogen-bond acceptors (Lipinski definition) is 6. The van der Waals surface area contributed by atoms with Crippen molar-refractivity contribution in [3.05, 3.63) is 48.0 Å². The number of urea groups is 1. The van der Waals surface area contributed by atoms with Crippen LogP contribution in [0.3, 0.4) is 0 Å². The number of amides is 3. The average Bonchev–Trinajstić information content (AvgIpc) is 3.29. The van der Waals surface area contributed by atoms with Crippen LogP contribution in [0.25, 0.3) is 0 Å². The minimum atomic E-state index is -0.144. The summed E-state index contributed by atoms with van der Waals surface area (Å²) >= 11 is 0. The van der Waals surface area contributed by atoms with Crippen molar-refractivity contribution in [1.29, 1.82) is 0 Å². The standard InChI is InChI=1S/C23H28N4O5/c1-2-30-19-6-4-3-5-18(19)25-23(29)27-13-11-26(12-14-27)10-9-24-22(28)17-7-8-20-21(15-17)32-16-31-20/h3-8,15H,2,9-14,16H2,1H3,(H,24,28)(H,25,29). The average molecular weight is 441 g/mol. The Morgan fingerprint density at radius 1 is 1.03 bits per heavy atom. The van der Waals surface area contributed by atoms with E-state index in [2.05, 4.69) is 15.5 Å². The van der Waals surface area contributed by atoms with Crippen LogP contribution in [0.15, 0.2) is 42.5 Å². The molecule has 0 saturated carbocycles. The van der Waals surface area contributed by atoms with Crippen LogP contribution in [-0.2, 0) is 0 Å². The van der Waals surface area contributed by atoms with E-state index in [4.69, 9.17) is 14.2 Å². The SMILES string of the molecule is CCOc1ccccc1NC(=O)N1CCN(CCNC(=O)c2ccc3c(c2)OCO3)CC1. The van der Waals surface area contributed by atoms with Crippen LogP contribution >= 0.6 is 0 Å². The lowest BCUT2D eigenvalue weighted by molar-refractivity contribution is 0.0942. The number of fused-ring (bicyclic) bond motifs is 1. The molecule has 0 unspecified atom stereocenters. The highest BCUT2D eigenvalue weighted by Crippen LogP contribution is 2.32. The molecule has 1 fully saturated rings. The molecule has 4 rings (SSSR count). The van der Waals surface area contributed by atoms with Crippen LogP contribution in [0, 0.1) is 0 Å². The second-order valence-electron chi connectivity index (χ2n) is 7.51. The van der Waals surface area contributed by atoms with Crippen molar-refractivity contribution in [2.24, 2.45) is 0 Å². The van der Waals surface area contributed by atoms with E-state index in [-0.39, 0.29) is 18.7 Å². The molecule has 2 aromatic rings. The molecule has 2 heterocycles. The summed E-state index contributed by atoms with van der Waals surface area (Å²) < 4.78 is 16.2. The molecule has 0 bridgehead atoms. The monoisotopic (exact) mass is 440 g/mol. The molecular formula is C23H28N4O5. The molecule has 170 valence electrons. The van der Waals surface area contributed by atoms with Crippen molar-refractivity contribution < 1.29 is 23.8 Å². The van der Waals surface area contributed by atoms with Crippen LogP contribution in [0.4, 0.5) is 10.5 Å². The molecule has 0 atom stereocenters. The van der Waals surface area contributed by atoms with Gasteiger partial charge in [-0.1, -0.05) is 12.1 Å². The third kappa shape index (κ3) is 5.23. The predicted molar refractivity (Wildman–Crippen MR) is 120 cm³/mol. The number of ether oxygens (including phenoxy) is 3. The third-order valence-electron chi connectivity index (χ3n) is 5.44. The number of nitrogens with zero attached hydrogens (tertiary/aromatic N) is 2. The Hall–Kier alpha value is -3.46. The van der Waals surface area contributed by atoms with Gasteiger partial charge in [-0.2, -0.15) is 0 Å². The first-order chi connectivity index (χ1) is 15.6. The minimum Gasteiger partial charge on any atom is -0.492 e. The fourth-order valence-electron chi connectivity index (χ4n) is 3.69. The van der Waals surface area contributed by atoms with Gasteiger partial charge in [0, 0.05) is 44.8 Å². The molecule has 2 aliphatic heterocycles. The molecule has 3 amide bonds. The third-order valence-corrected chi connectivity index (χ3v) is 5.44. The van der Waals surface area contributed by atoms with Crippen LogP contribution < -0.4 is 24.8 Å². The second kappa shape index (κ2) is 10.2. The molecule has 2 aliphatic rings. The van der Waals surface area contributed by atoms with E-state index < -0.39 is 0 Å². The van der Waals surface area contributed by atoms with E-state index in [9.17, 15) is 9.59 Å². The molecule has 9 heteroatoms. The lowest BCUT2D eigenvalue weighted by Crippen LogP contribution is -2.51. The predicted octanol–water partition coefficient (Wildman–Crippen LogP) is 2.39. The number of nitrogens with one attached hydrogen (secondary N) is 2. The van der Waals surface area contributed by atoms with Gasteiger partial charge in [-0.3, -0.25) is 9.69 Å². The summed E-state index contributed by atoms with van der Waals surface area (Å²) in [6.45, 7) is 6.63. The van der Waals surface area contributed by atoms with Crippen molar-refractivity contribution in [1.82, 2.24) is 15.1 Å². The molecule has 1 saturated heterocycles. The zero-order valence-electron chi connectivity index (χ0n) is 18.1. The van der Waals surface area contributed by atoms with Gasteiger partial charge < -0.3 is 29.7 Å². The van der Waals surface area contributed by atoms with Crippen molar-refractivity contribution in [3.8, 4) is 17.2 Å². The maximum atomic E-state index is 12.6. The summed E-state index contributed by atoms with van der Waals surface area (Å²) in [4.78, 5) is 29.0. The van der Waals surface area contributed by atoms with Gasteiger partial charge in [-0.15, -0.1) is 0 Å². The number of para-hydroxylation sites is 2. The zero-order valence-corrected chi connectivity index (χ0v) is 18.1. The van der Waals surface area contributed by atoms with E-state index in [0.717, 1.165) is 19.6 Å². The van der Waals surface area contributed by atoms with Gasteiger partial charge in [0.15, 0.2) is 11.5 Å². The Morgan fingerprint density at radius 2 is 1.81 bits per heavy atom. The Bertz CT molecular complexity index is 959. The number of hydrogen-bond donors (Lipinski definition) is 2. The number of piperazine rings is 1. The highest BCUT2D eigenvalue weighted by molar-refractivity contribution is 5.95. The van der Waals surface area contributed by atoms with Crippen LogP contribution in [0.1, 0.15) is 17.3 Å². The van der Waals surface area contributed by atoms with Crippen molar-refractivity contribution in [2.45, 2.75) is 6.92 Å². The number of benzene rings is 2. The number of carbonyl (C=O) groups is 2. The lowest BCUT2D eigenvalue weighted by Gasteiger charge is -2.34. The number of carbonyl (C=O) groups excluding carboxylic acids is 2. The Kier molecular flexibility index (Phi) is 6.96. The maximum Gasteiger partial charge on any atom is 0.322 e. The van der Waals surface area contributed by atoms with Gasteiger partial charge in [0.05, 0.1) is 12.3 Å². The van der Waals surface area contributed by atoms with Gasteiger partial charge in [-0.05, 0) is 37.3 Å². The van der Waals surface area contributed by atoms with E-state index in [0.29, 0.717) is 54.7 Å². The van der Waals surface area contributed by atoms with E-state index >= 15 is 0 Å². The highest BCUT2D eigenvalue weighted by atomic mass is 16.7. The molecule has 32 heavy (non-hydrogen) atoms. The molecule has 0 radical (unpaired) electrons. The Balaban J connectivity index is 1.19. The number of anilines is 1. The molecule has 2 aromatic carbocycles. The first-order valence-electron chi connectivity index (χ1n) is 10.8. The second-order valence-corrected chi connectivity index (χ2v) is 7.51. The topological polar surface area (TPSA) is 92.4 Å². The van der Waals surface area contributed by atoms with Gasteiger partial charge in [0.1, 0.15) is 5.75 Å².